The molecule has 1 rings (SSSR count). The van der Waals surface area contributed by atoms with Crippen molar-refractivity contribution in [2.24, 2.45) is 0 Å². The highest BCUT2D eigenvalue weighted by atomic mass is 19.4. The molecule has 0 heterocycles. The highest BCUT2D eigenvalue weighted by molar-refractivity contribution is 5.80. The summed E-state index contributed by atoms with van der Waals surface area (Å²) in [7, 11) is 2.05. The maximum Gasteiger partial charge on any atom is 0.432 e. The fourth-order valence-corrected chi connectivity index (χ4v) is 1.56. The number of benzene rings is 1. The van der Waals surface area contributed by atoms with Crippen molar-refractivity contribution in [3.63, 3.8) is 0 Å². The van der Waals surface area contributed by atoms with Crippen molar-refractivity contribution < 1.29 is 32.5 Å². The van der Waals surface area contributed by atoms with Crippen molar-refractivity contribution in [3.05, 3.63) is 29.8 Å². The Bertz CT molecular complexity index is 427. The van der Waals surface area contributed by atoms with Crippen LogP contribution in [0.3, 0.4) is 0 Å². The van der Waals surface area contributed by atoms with Crippen molar-refractivity contribution in [3.8, 4) is 5.75 Å². The van der Waals surface area contributed by atoms with Crippen molar-refractivity contribution >= 4 is 5.97 Å². The summed E-state index contributed by atoms with van der Waals surface area (Å²) in [5.74, 6) is -1.81. The smallest absolute Gasteiger partial charge is 0.432 e. The number of hydrogen-bond acceptors (Lipinski definition) is 3. The molecule has 0 saturated carbocycles. The number of hydrogen-bond donors (Lipinski definition) is 1. The number of carbonyl (C=O) groups is 1. The number of halogens is 3. The van der Waals surface area contributed by atoms with Crippen LogP contribution >= 0.6 is 0 Å². The molecule has 0 amide bonds. The molecule has 1 atom stereocenters. The van der Waals surface area contributed by atoms with Gasteiger partial charge in [0.1, 0.15) is 5.75 Å². The first-order valence-corrected chi connectivity index (χ1v) is 4.79. The number of aliphatic carboxylic acids is 1. The van der Waals surface area contributed by atoms with Crippen LogP contribution in [-0.2, 0) is 15.1 Å². The zero-order valence-corrected chi connectivity index (χ0v) is 9.62. The van der Waals surface area contributed by atoms with Crippen LogP contribution in [0.5, 0.6) is 5.75 Å². The van der Waals surface area contributed by atoms with Crippen LogP contribution < -0.4 is 4.74 Å². The van der Waals surface area contributed by atoms with Crippen LogP contribution in [0.25, 0.3) is 0 Å². The Kier molecular flexibility index (Phi) is 3.85. The molecule has 0 aromatic heterocycles. The van der Waals surface area contributed by atoms with E-state index in [1.807, 2.05) is 0 Å². The van der Waals surface area contributed by atoms with Gasteiger partial charge < -0.3 is 14.6 Å². The Labute approximate surface area is 101 Å². The van der Waals surface area contributed by atoms with E-state index in [0.717, 1.165) is 12.1 Å². The zero-order valence-electron chi connectivity index (χ0n) is 9.62. The first-order chi connectivity index (χ1) is 8.29. The monoisotopic (exact) mass is 264 g/mol. The lowest BCUT2D eigenvalue weighted by molar-refractivity contribution is -0.273. The summed E-state index contributed by atoms with van der Waals surface area (Å²) in [4.78, 5) is 11.0. The van der Waals surface area contributed by atoms with Gasteiger partial charge in [-0.2, -0.15) is 13.2 Å². The van der Waals surface area contributed by atoms with Crippen LogP contribution in [-0.4, -0.2) is 31.5 Å². The third kappa shape index (κ3) is 2.13. The molecule has 0 aliphatic heterocycles. The van der Waals surface area contributed by atoms with Crippen LogP contribution in [0.1, 0.15) is 5.56 Å². The van der Waals surface area contributed by atoms with Gasteiger partial charge in [0.15, 0.2) is 0 Å². The molecule has 7 heteroatoms. The van der Waals surface area contributed by atoms with Crippen molar-refractivity contribution in [2.45, 2.75) is 11.8 Å². The first kappa shape index (κ1) is 14.3. The first-order valence-electron chi connectivity index (χ1n) is 4.79. The minimum Gasteiger partial charge on any atom is -0.497 e. The number of alkyl halides is 3. The number of ether oxygens (including phenoxy) is 2. The Morgan fingerprint density at radius 1 is 1.17 bits per heavy atom. The van der Waals surface area contributed by atoms with Gasteiger partial charge in [0.05, 0.1) is 7.11 Å². The maximum atomic E-state index is 13.0. The van der Waals surface area contributed by atoms with Crippen molar-refractivity contribution in [1.29, 1.82) is 0 Å². The molecule has 1 N–H and O–H groups in total. The fraction of sp³-hybridized carbons (Fsp3) is 0.364. The predicted molar refractivity (Wildman–Crippen MR) is 55.4 cm³/mol. The van der Waals surface area contributed by atoms with E-state index in [2.05, 4.69) is 4.74 Å². The summed E-state index contributed by atoms with van der Waals surface area (Å²) < 4.78 is 47.9. The van der Waals surface area contributed by atoms with E-state index in [-0.39, 0.29) is 0 Å². The second-order valence-corrected chi connectivity index (χ2v) is 3.42. The Hall–Kier alpha value is -1.76. The topological polar surface area (TPSA) is 55.8 Å². The van der Waals surface area contributed by atoms with Crippen LogP contribution in [0, 0.1) is 0 Å². The molecule has 4 nitrogen and oxygen atoms in total. The molecule has 0 bridgehead atoms. The molecule has 0 fully saturated rings. The number of carboxylic acids is 1. The zero-order chi connectivity index (χ0) is 14.0. The van der Waals surface area contributed by atoms with Crippen LogP contribution in [0.2, 0.25) is 0 Å². The number of carboxylic acid groups (broad SMARTS) is 1. The molecule has 18 heavy (non-hydrogen) atoms. The Morgan fingerprint density at radius 2 is 1.67 bits per heavy atom. The molecule has 0 aliphatic carbocycles. The lowest BCUT2D eigenvalue weighted by Gasteiger charge is -2.30. The highest BCUT2D eigenvalue weighted by Crippen LogP contribution is 2.42. The van der Waals surface area contributed by atoms with Gasteiger partial charge in [-0.15, -0.1) is 0 Å². The fourth-order valence-electron chi connectivity index (χ4n) is 1.56. The van der Waals surface area contributed by atoms with Gasteiger partial charge in [0, 0.05) is 12.7 Å². The second kappa shape index (κ2) is 4.85. The van der Waals surface area contributed by atoms with E-state index in [1.165, 1.54) is 19.2 Å². The SMILES string of the molecule is COc1ccc([C@@](OC)(C(=O)O)C(F)(F)F)cc1. The average molecular weight is 264 g/mol. The van der Waals surface area contributed by atoms with Gasteiger partial charge in [-0.05, 0) is 12.1 Å². The van der Waals surface area contributed by atoms with E-state index in [9.17, 15) is 18.0 Å². The summed E-state index contributed by atoms with van der Waals surface area (Å²) in [6.45, 7) is 0. The Balaban J connectivity index is 3.38. The highest BCUT2D eigenvalue weighted by Gasteiger charge is 2.63. The molecule has 1 aromatic rings. The minimum absolute atomic E-state index is 0.316. The summed E-state index contributed by atoms with van der Waals surface area (Å²) >= 11 is 0. The van der Waals surface area contributed by atoms with Gasteiger partial charge in [0.2, 0.25) is 0 Å². The van der Waals surface area contributed by atoms with E-state index >= 15 is 0 Å². The summed E-state index contributed by atoms with van der Waals surface area (Å²) in [6.07, 6.45) is -5.08. The van der Waals surface area contributed by atoms with Gasteiger partial charge in [-0.25, -0.2) is 4.79 Å². The van der Waals surface area contributed by atoms with E-state index in [4.69, 9.17) is 9.84 Å². The van der Waals surface area contributed by atoms with E-state index < -0.39 is 23.3 Å². The number of methoxy groups -OCH3 is 2. The predicted octanol–water partition coefficient (Wildman–Crippen LogP) is 2.18. The summed E-state index contributed by atoms with van der Waals surface area (Å²) in [5, 5.41) is 8.86. The van der Waals surface area contributed by atoms with E-state index in [1.54, 1.807) is 0 Å². The lowest BCUT2D eigenvalue weighted by Crippen LogP contribution is -2.50. The van der Waals surface area contributed by atoms with Crippen molar-refractivity contribution in [1.82, 2.24) is 0 Å². The minimum atomic E-state index is -5.08. The standard InChI is InChI=1S/C11H11F3O4/c1-17-8-5-3-7(4-6-8)10(18-2,9(15)16)11(12,13)14/h3-6H,1-2H3,(H,15,16)/t10-/m1/s1. The average Bonchev–Trinajstić information content (AvgIpc) is 2.29. The summed E-state index contributed by atoms with van der Waals surface area (Å²) in [6, 6.07) is 4.48. The molecule has 0 radical (unpaired) electrons. The molecule has 0 saturated heterocycles. The van der Waals surface area contributed by atoms with Gasteiger partial charge >= 0.3 is 12.1 Å². The molecular formula is C11H11F3O4. The Morgan fingerprint density at radius 3 is 1.94 bits per heavy atom. The largest absolute Gasteiger partial charge is 0.497 e. The van der Waals surface area contributed by atoms with Gasteiger partial charge in [-0.1, -0.05) is 12.1 Å². The third-order valence-electron chi connectivity index (χ3n) is 2.50. The second-order valence-electron chi connectivity index (χ2n) is 3.42. The normalized spacial score (nSPS) is 14.9. The van der Waals surface area contributed by atoms with Crippen molar-refractivity contribution in [2.75, 3.05) is 14.2 Å². The van der Waals surface area contributed by atoms with Crippen LogP contribution in [0.15, 0.2) is 24.3 Å². The van der Waals surface area contributed by atoms with Gasteiger partial charge in [0.25, 0.3) is 5.60 Å². The molecule has 0 aliphatic rings. The van der Waals surface area contributed by atoms with E-state index in [0.29, 0.717) is 12.9 Å². The van der Waals surface area contributed by atoms with Crippen LogP contribution in [0.4, 0.5) is 13.2 Å². The number of rotatable bonds is 4. The third-order valence-corrected chi connectivity index (χ3v) is 2.50. The molecule has 0 spiro atoms. The summed E-state index contributed by atoms with van der Waals surface area (Å²) in [5.41, 5.74) is -3.90. The maximum absolute atomic E-state index is 13.0. The lowest BCUT2D eigenvalue weighted by atomic mass is 9.93. The molecular weight excluding hydrogens is 253 g/mol. The quantitative estimate of drug-likeness (QED) is 0.905. The van der Waals surface area contributed by atoms with Gasteiger partial charge in [-0.3, -0.25) is 0 Å². The molecule has 1 aromatic carbocycles. The molecule has 0 unspecified atom stereocenters. The molecule has 100 valence electrons.